The van der Waals surface area contributed by atoms with Crippen LogP contribution >= 0.6 is 11.6 Å². The minimum atomic E-state index is -0.585. The summed E-state index contributed by atoms with van der Waals surface area (Å²) >= 11 is 6.05. The number of rotatable bonds is 3. The third-order valence-corrected chi connectivity index (χ3v) is 3.81. The van der Waals surface area contributed by atoms with Gasteiger partial charge in [0.1, 0.15) is 11.6 Å². The van der Waals surface area contributed by atoms with Crippen LogP contribution < -0.4 is 5.73 Å². The second-order valence-electron chi connectivity index (χ2n) is 5.00. The highest BCUT2D eigenvalue weighted by molar-refractivity contribution is 6.31. The van der Waals surface area contributed by atoms with E-state index in [0.717, 1.165) is 22.8 Å². The number of benzene rings is 2. The van der Waals surface area contributed by atoms with Gasteiger partial charge in [-0.15, -0.1) is 0 Å². The Hall–Kier alpha value is -1.45. The van der Waals surface area contributed by atoms with Crippen LogP contribution in [-0.2, 0) is 6.42 Å². The van der Waals surface area contributed by atoms with Gasteiger partial charge in [0, 0.05) is 17.1 Å². The Morgan fingerprint density at radius 2 is 1.80 bits per heavy atom. The molecule has 1 nitrogen and oxygen atoms in total. The van der Waals surface area contributed by atoms with E-state index in [1.807, 2.05) is 26.0 Å². The highest BCUT2D eigenvalue weighted by Crippen LogP contribution is 2.26. The molecule has 1 atom stereocenters. The fraction of sp³-hybridized carbons (Fsp3) is 0.250. The molecule has 4 heteroatoms. The zero-order valence-corrected chi connectivity index (χ0v) is 12.1. The molecule has 0 spiro atoms. The molecule has 0 bridgehead atoms. The molecule has 0 fully saturated rings. The van der Waals surface area contributed by atoms with E-state index in [4.69, 9.17) is 17.3 Å². The molecule has 0 saturated carbocycles. The van der Waals surface area contributed by atoms with Crippen LogP contribution in [0.4, 0.5) is 8.78 Å². The summed E-state index contributed by atoms with van der Waals surface area (Å²) < 4.78 is 26.5. The smallest absolute Gasteiger partial charge is 0.129 e. The molecular weight excluding hydrogens is 280 g/mol. The third kappa shape index (κ3) is 3.17. The van der Waals surface area contributed by atoms with Crippen LogP contribution in [0.15, 0.2) is 30.3 Å². The fourth-order valence-electron chi connectivity index (χ4n) is 2.24. The summed E-state index contributed by atoms with van der Waals surface area (Å²) in [5.74, 6) is -1.15. The molecule has 2 rings (SSSR count). The first-order chi connectivity index (χ1) is 9.38. The van der Waals surface area contributed by atoms with E-state index in [1.165, 1.54) is 12.1 Å². The standard InChI is InChI=1S/C16H16ClF2N/c1-9-6-14(17)10(2)5-13(9)16(20)7-11-3-4-12(18)8-15(11)19/h3-6,8,16H,7,20H2,1-2H3. The SMILES string of the molecule is Cc1cc(C(N)Cc2ccc(F)cc2F)c(C)cc1Cl. The van der Waals surface area contributed by atoms with E-state index < -0.39 is 11.6 Å². The molecule has 0 aliphatic rings. The average molecular weight is 296 g/mol. The van der Waals surface area contributed by atoms with Gasteiger partial charge in [0.15, 0.2) is 0 Å². The zero-order valence-electron chi connectivity index (χ0n) is 11.4. The van der Waals surface area contributed by atoms with Crippen LogP contribution in [0.1, 0.15) is 28.3 Å². The molecule has 0 aliphatic carbocycles. The molecule has 2 aromatic carbocycles. The van der Waals surface area contributed by atoms with E-state index in [0.29, 0.717) is 17.0 Å². The summed E-state index contributed by atoms with van der Waals surface area (Å²) in [6, 6.07) is 6.97. The van der Waals surface area contributed by atoms with Crippen LogP contribution in [0.2, 0.25) is 5.02 Å². The quantitative estimate of drug-likeness (QED) is 0.888. The highest BCUT2D eigenvalue weighted by atomic mass is 35.5. The van der Waals surface area contributed by atoms with Gasteiger partial charge in [-0.3, -0.25) is 0 Å². The average Bonchev–Trinajstić information content (AvgIpc) is 2.37. The van der Waals surface area contributed by atoms with Crippen LogP contribution in [0.3, 0.4) is 0 Å². The molecule has 2 aromatic rings. The Morgan fingerprint density at radius 3 is 2.45 bits per heavy atom. The minimum Gasteiger partial charge on any atom is -0.324 e. The molecular formula is C16H16ClF2N. The molecule has 0 amide bonds. The Kier molecular flexibility index (Phi) is 4.41. The Morgan fingerprint density at radius 1 is 1.10 bits per heavy atom. The second-order valence-corrected chi connectivity index (χ2v) is 5.41. The van der Waals surface area contributed by atoms with Gasteiger partial charge >= 0.3 is 0 Å². The lowest BCUT2D eigenvalue weighted by atomic mass is 9.94. The molecule has 0 heterocycles. The normalized spacial score (nSPS) is 12.5. The largest absolute Gasteiger partial charge is 0.324 e. The molecule has 0 saturated heterocycles. The molecule has 106 valence electrons. The van der Waals surface area contributed by atoms with Crippen molar-refractivity contribution in [3.8, 4) is 0 Å². The maximum atomic E-state index is 13.7. The van der Waals surface area contributed by atoms with E-state index in [9.17, 15) is 8.78 Å². The second kappa shape index (κ2) is 5.90. The Balaban J connectivity index is 2.28. The van der Waals surface area contributed by atoms with E-state index in [2.05, 4.69) is 0 Å². The van der Waals surface area contributed by atoms with Crippen LogP contribution in [0.25, 0.3) is 0 Å². The first kappa shape index (κ1) is 14.9. The Bertz CT molecular complexity index is 641. The zero-order chi connectivity index (χ0) is 14.9. The Labute approximate surface area is 122 Å². The molecule has 2 N–H and O–H groups in total. The highest BCUT2D eigenvalue weighted by Gasteiger charge is 2.14. The van der Waals surface area contributed by atoms with Gasteiger partial charge in [-0.05, 0) is 54.7 Å². The van der Waals surface area contributed by atoms with Gasteiger partial charge in [-0.25, -0.2) is 8.78 Å². The number of nitrogens with two attached hydrogens (primary N) is 1. The summed E-state index contributed by atoms with van der Waals surface area (Å²) in [6.45, 7) is 3.82. The number of halogens is 3. The van der Waals surface area contributed by atoms with E-state index >= 15 is 0 Å². The molecule has 1 unspecified atom stereocenters. The van der Waals surface area contributed by atoms with Crippen molar-refractivity contribution in [1.82, 2.24) is 0 Å². The summed E-state index contributed by atoms with van der Waals surface area (Å²) in [4.78, 5) is 0. The van der Waals surface area contributed by atoms with Crippen molar-refractivity contribution in [2.24, 2.45) is 5.73 Å². The summed E-state index contributed by atoms with van der Waals surface area (Å²) in [7, 11) is 0. The van der Waals surface area contributed by atoms with Crippen molar-refractivity contribution in [3.05, 3.63) is 69.2 Å². The maximum Gasteiger partial charge on any atom is 0.129 e. The van der Waals surface area contributed by atoms with Crippen molar-refractivity contribution in [1.29, 1.82) is 0 Å². The first-order valence-electron chi connectivity index (χ1n) is 6.34. The topological polar surface area (TPSA) is 26.0 Å². The predicted molar refractivity (Wildman–Crippen MR) is 77.9 cm³/mol. The summed E-state index contributed by atoms with van der Waals surface area (Å²) in [5.41, 5.74) is 9.39. The lowest BCUT2D eigenvalue weighted by Gasteiger charge is -2.17. The van der Waals surface area contributed by atoms with Gasteiger partial charge in [0.05, 0.1) is 0 Å². The van der Waals surface area contributed by atoms with Crippen LogP contribution in [0, 0.1) is 25.5 Å². The molecule has 0 radical (unpaired) electrons. The number of aryl methyl sites for hydroxylation is 2. The van der Waals surface area contributed by atoms with E-state index in [-0.39, 0.29) is 6.04 Å². The first-order valence-corrected chi connectivity index (χ1v) is 6.72. The molecule has 0 aliphatic heterocycles. The lowest BCUT2D eigenvalue weighted by molar-refractivity contribution is 0.562. The van der Waals surface area contributed by atoms with Crippen molar-refractivity contribution in [3.63, 3.8) is 0 Å². The lowest BCUT2D eigenvalue weighted by Crippen LogP contribution is -2.16. The van der Waals surface area contributed by atoms with Gasteiger partial charge in [-0.1, -0.05) is 23.7 Å². The van der Waals surface area contributed by atoms with Gasteiger partial charge in [0.25, 0.3) is 0 Å². The number of hydrogen-bond donors (Lipinski definition) is 1. The van der Waals surface area contributed by atoms with Gasteiger partial charge in [0.2, 0.25) is 0 Å². The van der Waals surface area contributed by atoms with Crippen LogP contribution in [-0.4, -0.2) is 0 Å². The minimum absolute atomic E-state index is 0.314. The van der Waals surface area contributed by atoms with Crippen molar-refractivity contribution < 1.29 is 8.78 Å². The number of hydrogen-bond acceptors (Lipinski definition) is 1. The monoisotopic (exact) mass is 295 g/mol. The van der Waals surface area contributed by atoms with Crippen molar-refractivity contribution >= 4 is 11.6 Å². The summed E-state index contributed by atoms with van der Waals surface area (Å²) in [5, 5.41) is 0.686. The van der Waals surface area contributed by atoms with Crippen molar-refractivity contribution in [2.75, 3.05) is 0 Å². The fourth-order valence-corrected chi connectivity index (χ4v) is 2.46. The van der Waals surface area contributed by atoms with Crippen molar-refractivity contribution in [2.45, 2.75) is 26.3 Å². The molecule has 20 heavy (non-hydrogen) atoms. The van der Waals surface area contributed by atoms with Gasteiger partial charge < -0.3 is 5.73 Å². The predicted octanol–water partition coefficient (Wildman–Crippen LogP) is 4.48. The van der Waals surface area contributed by atoms with Gasteiger partial charge in [-0.2, -0.15) is 0 Å². The van der Waals surface area contributed by atoms with E-state index in [1.54, 1.807) is 0 Å². The molecule has 0 aromatic heterocycles. The maximum absolute atomic E-state index is 13.7. The summed E-state index contributed by atoms with van der Waals surface area (Å²) in [6.07, 6.45) is 0.314. The van der Waals surface area contributed by atoms with Crippen LogP contribution in [0.5, 0.6) is 0 Å². The third-order valence-electron chi connectivity index (χ3n) is 3.40.